The number of H-pyrrole nitrogens is 1. The number of pyridine rings is 1. The van der Waals surface area contributed by atoms with Gasteiger partial charge in [-0.2, -0.15) is 0 Å². The molecule has 0 unspecified atom stereocenters. The fourth-order valence-corrected chi connectivity index (χ4v) is 1.98. The summed E-state index contributed by atoms with van der Waals surface area (Å²) < 4.78 is 6.58. The molecule has 1 N–H and O–H groups in total. The monoisotopic (exact) mass is 283 g/mol. The van der Waals surface area contributed by atoms with Crippen molar-refractivity contribution >= 4 is 22.9 Å². The fourth-order valence-electron chi connectivity index (χ4n) is 1.98. The zero-order valence-electron chi connectivity index (χ0n) is 11.4. The second-order valence-corrected chi connectivity index (χ2v) is 4.29. The first kappa shape index (κ1) is 13.0. The Morgan fingerprint density at radius 2 is 2.24 bits per heavy atom. The van der Waals surface area contributed by atoms with Crippen LogP contribution in [0.4, 0.5) is 0 Å². The van der Waals surface area contributed by atoms with Crippen LogP contribution in [0.25, 0.3) is 22.8 Å². The van der Waals surface area contributed by atoms with Gasteiger partial charge >= 0.3 is 5.97 Å². The molecule has 0 bridgehead atoms. The number of esters is 1. The summed E-state index contributed by atoms with van der Waals surface area (Å²) in [4.78, 5) is 18.8. The summed E-state index contributed by atoms with van der Waals surface area (Å²) in [6.07, 6.45) is 9.83. The zero-order chi connectivity index (χ0) is 14.7. The van der Waals surface area contributed by atoms with E-state index in [1.54, 1.807) is 36.4 Å². The van der Waals surface area contributed by atoms with Crippen LogP contribution in [0, 0.1) is 0 Å². The summed E-state index contributed by atoms with van der Waals surface area (Å²) in [5, 5.41) is 8.47. The third-order valence-corrected chi connectivity index (χ3v) is 2.95. The Hall–Kier alpha value is -2.96. The predicted molar refractivity (Wildman–Crippen MR) is 76.7 cm³/mol. The number of carbonyl (C=O) groups is 1. The minimum Gasteiger partial charge on any atom is -0.463 e. The van der Waals surface area contributed by atoms with Crippen molar-refractivity contribution in [2.45, 2.75) is 6.92 Å². The standard InChI is InChI=1S/C14H13N5O2/c1-2-21-14(20)4-3-10-6-15-12-7-16-13(5-11(10)12)19-8-17-18-9-19/h3-9,15H,2H2,1H3/b4-3+. The van der Waals surface area contributed by atoms with Gasteiger partial charge in [0.1, 0.15) is 18.5 Å². The Labute approximate surface area is 120 Å². The molecule has 0 aliphatic rings. The lowest BCUT2D eigenvalue weighted by Gasteiger charge is -2.00. The van der Waals surface area contributed by atoms with E-state index in [-0.39, 0.29) is 5.97 Å². The molecule has 0 amide bonds. The van der Waals surface area contributed by atoms with Crippen LogP contribution in [0.15, 0.2) is 37.2 Å². The SMILES string of the molecule is CCOC(=O)/C=C/c1c[nH]c2cnc(-n3cnnc3)cc12. The van der Waals surface area contributed by atoms with Gasteiger partial charge < -0.3 is 9.72 Å². The molecule has 3 heterocycles. The highest BCUT2D eigenvalue weighted by Gasteiger charge is 2.05. The van der Waals surface area contributed by atoms with E-state index in [4.69, 9.17) is 4.74 Å². The summed E-state index contributed by atoms with van der Waals surface area (Å²) in [5.41, 5.74) is 1.77. The van der Waals surface area contributed by atoms with Crippen molar-refractivity contribution in [2.75, 3.05) is 6.61 Å². The first-order valence-corrected chi connectivity index (χ1v) is 6.45. The van der Waals surface area contributed by atoms with Gasteiger partial charge in [0.25, 0.3) is 0 Å². The molecule has 0 aliphatic heterocycles. The topological polar surface area (TPSA) is 85.7 Å². The number of nitrogens with zero attached hydrogens (tertiary/aromatic N) is 4. The summed E-state index contributed by atoms with van der Waals surface area (Å²) in [6, 6.07) is 1.90. The molecule has 0 spiro atoms. The Morgan fingerprint density at radius 3 is 3.00 bits per heavy atom. The first-order chi connectivity index (χ1) is 10.3. The molecular weight excluding hydrogens is 270 g/mol. The van der Waals surface area contributed by atoms with E-state index in [2.05, 4.69) is 20.2 Å². The molecular formula is C14H13N5O2. The maximum Gasteiger partial charge on any atom is 0.330 e. The molecule has 3 aromatic rings. The molecule has 7 heteroatoms. The molecule has 3 aromatic heterocycles. The average molecular weight is 283 g/mol. The van der Waals surface area contributed by atoms with Gasteiger partial charge in [0.2, 0.25) is 0 Å². The van der Waals surface area contributed by atoms with E-state index in [1.807, 2.05) is 12.3 Å². The minimum atomic E-state index is -0.361. The number of fused-ring (bicyclic) bond motifs is 1. The molecule has 0 aliphatic carbocycles. The third kappa shape index (κ3) is 2.66. The normalized spacial score (nSPS) is 11.3. The van der Waals surface area contributed by atoms with Gasteiger partial charge in [0.15, 0.2) is 0 Å². The Bertz CT molecular complexity index is 789. The number of nitrogens with one attached hydrogen (secondary N) is 1. The molecule has 0 saturated carbocycles. The summed E-state index contributed by atoms with van der Waals surface area (Å²) >= 11 is 0. The van der Waals surface area contributed by atoms with Crippen molar-refractivity contribution in [2.24, 2.45) is 0 Å². The molecule has 7 nitrogen and oxygen atoms in total. The highest BCUT2D eigenvalue weighted by molar-refractivity contribution is 5.94. The van der Waals surface area contributed by atoms with E-state index in [9.17, 15) is 4.79 Å². The first-order valence-electron chi connectivity index (χ1n) is 6.45. The average Bonchev–Trinajstić information content (AvgIpc) is 3.14. The van der Waals surface area contributed by atoms with Gasteiger partial charge in [0.05, 0.1) is 18.3 Å². The van der Waals surface area contributed by atoms with Crippen LogP contribution in [-0.4, -0.2) is 37.3 Å². The third-order valence-electron chi connectivity index (χ3n) is 2.95. The smallest absolute Gasteiger partial charge is 0.330 e. The molecule has 3 rings (SSSR count). The second kappa shape index (κ2) is 5.58. The van der Waals surface area contributed by atoms with E-state index in [0.29, 0.717) is 12.4 Å². The number of ether oxygens (including phenoxy) is 1. The number of rotatable bonds is 4. The molecule has 21 heavy (non-hydrogen) atoms. The number of hydrogen-bond donors (Lipinski definition) is 1. The number of aromatic amines is 1. The fraction of sp³-hybridized carbons (Fsp3) is 0.143. The van der Waals surface area contributed by atoms with Crippen molar-refractivity contribution in [3.63, 3.8) is 0 Å². The summed E-state index contributed by atoms with van der Waals surface area (Å²) in [5.74, 6) is 0.345. The van der Waals surface area contributed by atoms with Crippen LogP contribution in [0.2, 0.25) is 0 Å². The lowest BCUT2D eigenvalue weighted by molar-refractivity contribution is -0.137. The van der Waals surface area contributed by atoms with E-state index >= 15 is 0 Å². The molecule has 0 radical (unpaired) electrons. The highest BCUT2D eigenvalue weighted by atomic mass is 16.5. The molecule has 106 valence electrons. The van der Waals surface area contributed by atoms with Crippen molar-refractivity contribution in [1.29, 1.82) is 0 Å². The van der Waals surface area contributed by atoms with Crippen molar-refractivity contribution in [1.82, 2.24) is 24.7 Å². The lowest BCUT2D eigenvalue weighted by atomic mass is 10.2. The predicted octanol–water partition coefficient (Wildman–Crippen LogP) is 1.72. The molecule has 0 fully saturated rings. The van der Waals surface area contributed by atoms with Crippen LogP contribution < -0.4 is 0 Å². The largest absolute Gasteiger partial charge is 0.463 e. The Morgan fingerprint density at radius 1 is 1.43 bits per heavy atom. The van der Waals surface area contributed by atoms with E-state index < -0.39 is 0 Å². The minimum absolute atomic E-state index is 0.360. The van der Waals surface area contributed by atoms with E-state index in [1.165, 1.54) is 6.08 Å². The molecule has 0 aromatic carbocycles. The van der Waals surface area contributed by atoms with Gasteiger partial charge in [-0.25, -0.2) is 9.78 Å². The highest BCUT2D eigenvalue weighted by Crippen LogP contribution is 2.21. The van der Waals surface area contributed by atoms with Crippen molar-refractivity contribution < 1.29 is 9.53 Å². The number of hydrogen-bond acceptors (Lipinski definition) is 5. The van der Waals surface area contributed by atoms with Gasteiger partial charge in [-0.05, 0) is 19.1 Å². The van der Waals surface area contributed by atoms with Crippen LogP contribution in [0.5, 0.6) is 0 Å². The summed E-state index contributed by atoms with van der Waals surface area (Å²) in [7, 11) is 0. The van der Waals surface area contributed by atoms with Crippen LogP contribution >= 0.6 is 0 Å². The van der Waals surface area contributed by atoms with Crippen LogP contribution in [0.1, 0.15) is 12.5 Å². The van der Waals surface area contributed by atoms with Gasteiger partial charge in [-0.3, -0.25) is 4.57 Å². The second-order valence-electron chi connectivity index (χ2n) is 4.29. The van der Waals surface area contributed by atoms with Crippen LogP contribution in [-0.2, 0) is 9.53 Å². The summed E-state index contributed by atoms with van der Waals surface area (Å²) in [6.45, 7) is 2.13. The quantitative estimate of drug-likeness (QED) is 0.582. The Kier molecular flexibility index (Phi) is 3.46. The maximum atomic E-state index is 11.4. The zero-order valence-corrected chi connectivity index (χ0v) is 11.4. The molecule has 0 saturated heterocycles. The van der Waals surface area contributed by atoms with Crippen molar-refractivity contribution in [3.05, 3.63) is 42.8 Å². The van der Waals surface area contributed by atoms with Crippen LogP contribution in [0.3, 0.4) is 0 Å². The van der Waals surface area contributed by atoms with Gasteiger partial charge in [-0.1, -0.05) is 0 Å². The van der Waals surface area contributed by atoms with E-state index in [0.717, 1.165) is 16.5 Å². The maximum absolute atomic E-state index is 11.4. The van der Waals surface area contributed by atoms with Gasteiger partial charge in [0, 0.05) is 23.2 Å². The van der Waals surface area contributed by atoms with Gasteiger partial charge in [-0.15, -0.1) is 10.2 Å². The van der Waals surface area contributed by atoms with Crippen molar-refractivity contribution in [3.8, 4) is 5.82 Å². The number of carbonyl (C=O) groups excluding carboxylic acids is 1. The lowest BCUT2D eigenvalue weighted by Crippen LogP contribution is -1.98. The molecule has 0 atom stereocenters. The Balaban J connectivity index is 1.96. The number of aromatic nitrogens is 5.